The van der Waals surface area contributed by atoms with Gasteiger partial charge in [-0.25, -0.2) is 0 Å². The first-order chi connectivity index (χ1) is 7.20. The van der Waals surface area contributed by atoms with Gasteiger partial charge in [-0.2, -0.15) is 0 Å². The molecule has 0 aliphatic heterocycles. The highest BCUT2D eigenvalue weighted by Crippen LogP contribution is 1.98. The van der Waals surface area contributed by atoms with Crippen LogP contribution in [0.4, 0.5) is 0 Å². The molecule has 14 radical (unpaired) electrons. The van der Waals surface area contributed by atoms with E-state index in [-0.39, 0.29) is 0 Å². The second kappa shape index (κ2) is 7.78. The van der Waals surface area contributed by atoms with Crippen LogP contribution in [-0.2, 0) is 0 Å². The third kappa shape index (κ3) is 5.14. The highest BCUT2D eigenvalue weighted by Gasteiger charge is 2.37. The van der Waals surface area contributed by atoms with Gasteiger partial charge < -0.3 is 3.43 Å². The van der Waals surface area contributed by atoms with Gasteiger partial charge in [-0.1, -0.05) is 0 Å². The average Bonchev–Trinajstić information content (AvgIpc) is 2.10. The van der Waals surface area contributed by atoms with Gasteiger partial charge in [-0.3, -0.25) is 0 Å². The normalized spacial score (nSPS) is 10.4. The molecule has 0 saturated heterocycles. The Labute approximate surface area is 120 Å². The molecule has 0 fully saturated rings. The Kier molecular flexibility index (Phi) is 7.57. The highest BCUT2D eigenvalue weighted by molar-refractivity contribution is 14.1. The van der Waals surface area contributed by atoms with Crippen LogP contribution < -0.4 is 3.43 Å². The van der Waals surface area contributed by atoms with Gasteiger partial charge in [0.05, 0.1) is 0 Å². The number of hydrogen-bond donors (Lipinski definition) is 1. The fourth-order valence-electron chi connectivity index (χ4n) is 1.33. The summed E-state index contributed by atoms with van der Waals surface area (Å²) in [6.07, 6.45) is -3.72. The molecule has 15 heavy (non-hydrogen) atoms. The zero-order chi connectivity index (χ0) is 13.0. The largest absolute Gasteiger partial charge is 0.319 e. The van der Waals surface area contributed by atoms with Gasteiger partial charge in [0.15, 0.2) is 0 Å². The first kappa shape index (κ1) is 14.6. The fourth-order valence-corrected chi connectivity index (χ4v) is 2.07. The summed E-state index contributed by atoms with van der Waals surface area (Å²) in [5.74, 6) is 0. The van der Waals surface area contributed by atoms with E-state index in [1.54, 1.807) is 22.9 Å². The van der Waals surface area contributed by atoms with Crippen molar-refractivity contribution in [1.82, 2.24) is 3.43 Å². The fraction of sp³-hybridized carbons (Fsp3) is 0. The summed E-state index contributed by atoms with van der Waals surface area (Å²) in [6.45, 7) is -0.624. The van der Waals surface area contributed by atoms with Gasteiger partial charge in [-0.15, -0.1) is 0 Å². The van der Waals surface area contributed by atoms with E-state index in [0.29, 0.717) is 0 Å². The second-order valence-electron chi connectivity index (χ2n) is 3.47. The molecule has 52 valence electrons. The standard InChI is InChI=1S/B13HIN/c1-8(2)11(7)13(15-14)12(9(3)4)10(5)6/h15H/i/hT. The molecular formula is HB13IN. The van der Waals surface area contributed by atoms with Crippen molar-refractivity contribution in [3.63, 3.8) is 0 Å². The molecule has 0 bridgehead atoms. The predicted octanol–water partition coefficient (Wildman–Crippen LogP) is -4.56. The number of halogens is 1. The average molecular weight is 284 g/mol. The molecule has 0 aromatic carbocycles. The van der Waals surface area contributed by atoms with Gasteiger partial charge in [-0.05, 0) is 0 Å². The molecule has 0 saturated carbocycles. The monoisotopic (exact) mass is 287 g/mol. The van der Waals surface area contributed by atoms with Crippen molar-refractivity contribution < 1.29 is 1.41 Å². The van der Waals surface area contributed by atoms with Crippen LogP contribution in [0.25, 0.3) is 0 Å². The maximum absolute atomic E-state index is 7.58. The van der Waals surface area contributed by atoms with Crippen LogP contribution in [0.3, 0.4) is 0 Å². The zero-order valence-electron chi connectivity index (χ0n) is 9.33. The van der Waals surface area contributed by atoms with E-state index >= 15 is 0 Å². The number of nitrogens with one attached hydrogen (secondary N) is 1. The molecule has 0 aliphatic rings. The van der Waals surface area contributed by atoms with Crippen molar-refractivity contribution in [1.29, 1.82) is 0 Å². The minimum absolute atomic E-state index is 0.584. The molecule has 15 heteroatoms. The first-order valence-corrected chi connectivity index (χ1v) is 5.39. The summed E-state index contributed by atoms with van der Waals surface area (Å²) < 4.78 is 8.64. The Bertz CT molecular complexity index is 184. The van der Waals surface area contributed by atoms with Crippen molar-refractivity contribution in [2.45, 2.75) is 0 Å². The van der Waals surface area contributed by atoms with E-state index < -0.39 is 38.6 Å². The van der Waals surface area contributed by atoms with Crippen molar-refractivity contribution in [3.05, 3.63) is 0 Å². The topological polar surface area (TPSA) is 12.0 Å². The van der Waals surface area contributed by atoms with E-state index in [9.17, 15) is 0 Å². The van der Waals surface area contributed by atoms with Gasteiger partial charge >= 0.3 is 0 Å². The third-order valence-electron chi connectivity index (χ3n) is 2.23. The van der Waals surface area contributed by atoms with Crippen LogP contribution in [0.15, 0.2) is 0 Å². The van der Waals surface area contributed by atoms with E-state index in [4.69, 9.17) is 55.6 Å². The lowest BCUT2D eigenvalue weighted by molar-refractivity contribution is 1.79. The van der Waals surface area contributed by atoms with Gasteiger partial charge in [0.2, 0.25) is 0 Å². The molecule has 0 aromatic rings. The van der Waals surface area contributed by atoms with Crippen LogP contribution in [0.2, 0.25) is 1.41 Å². The molecule has 1 N–H and O–H groups in total. The van der Waals surface area contributed by atoms with Crippen molar-refractivity contribution >= 4 is 116 Å². The summed E-state index contributed by atoms with van der Waals surface area (Å²) in [4.78, 5) is 0. The lowest BCUT2D eigenvalue weighted by Crippen LogP contribution is -2.73. The first-order valence-electron chi connectivity index (χ1n) is 4.87. The van der Waals surface area contributed by atoms with Crippen molar-refractivity contribution in [2.75, 3.05) is 0 Å². The SMILES string of the molecule is [3H]N(I)B(B([B])B([B])[B])B(B([B])[B])B([B])[B]. The molecule has 0 unspecified atom stereocenters. The smallest absolute Gasteiger partial charge is 0.129 e. The maximum Gasteiger partial charge on any atom is 0.129 e. The summed E-state index contributed by atoms with van der Waals surface area (Å²) in [5, 5.41) is 0. The van der Waals surface area contributed by atoms with E-state index in [1.165, 1.54) is 0 Å². The highest BCUT2D eigenvalue weighted by atomic mass is 127. The zero-order valence-corrected chi connectivity index (χ0v) is 10.5. The summed E-state index contributed by atoms with van der Waals surface area (Å²) in [6, 6.07) is 0. The Hall–Kier alpha value is 1.53. The molecule has 0 heterocycles. The van der Waals surface area contributed by atoms with Crippen molar-refractivity contribution in [2.24, 2.45) is 0 Å². The molecule has 0 aromatic heterocycles. The third-order valence-corrected chi connectivity index (χ3v) is 2.88. The Morgan fingerprint density at radius 2 is 1.27 bits per heavy atom. The van der Waals surface area contributed by atoms with E-state index in [0.717, 1.165) is 3.43 Å². The van der Waals surface area contributed by atoms with Gasteiger partial charge in [0, 0.05) is 109 Å². The molecule has 0 atom stereocenters. The lowest BCUT2D eigenvalue weighted by Gasteiger charge is -2.32. The predicted molar refractivity (Wildman–Crippen MR) is 92.0 cm³/mol. The quantitative estimate of drug-likeness (QED) is 0.294. The van der Waals surface area contributed by atoms with Crippen molar-refractivity contribution in [3.8, 4) is 0 Å². The van der Waals surface area contributed by atoms with Gasteiger partial charge in [0.1, 0.15) is 8.04 Å². The van der Waals surface area contributed by atoms with Gasteiger partial charge in [0.25, 0.3) is 0 Å². The maximum atomic E-state index is 7.58. The Morgan fingerprint density at radius 1 is 0.867 bits per heavy atom. The van der Waals surface area contributed by atoms with E-state index in [2.05, 4.69) is 0 Å². The van der Waals surface area contributed by atoms with Crippen LogP contribution >= 0.6 is 22.9 Å². The van der Waals surface area contributed by atoms with Crippen LogP contribution in [0.1, 0.15) is 0 Å². The molecule has 0 rings (SSSR count). The summed E-state index contributed by atoms with van der Waals surface area (Å²) >= 11 is 1.72. The van der Waals surface area contributed by atoms with Crippen LogP contribution in [0, 0.1) is 0 Å². The summed E-state index contributed by atoms with van der Waals surface area (Å²) in [7, 11) is 39.1. The number of hydrogen-bond acceptors (Lipinski definition) is 1. The second-order valence-corrected chi connectivity index (χ2v) is 4.03. The molecular weight excluding hydrogens is 281 g/mol. The molecule has 1 nitrogen and oxygen atoms in total. The van der Waals surface area contributed by atoms with Crippen LogP contribution in [0.5, 0.6) is 0 Å². The number of rotatable bonds is 6. The molecule has 0 aliphatic carbocycles. The lowest BCUT2D eigenvalue weighted by atomic mass is 8.54. The van der Waals surface area contributed by atoms with E-state index in [1.807, 2.05) is 0 Å². The molecule has 0 spiro atoms. The summed E-state index contributed by atoms with van der Waals surface area (Å²) in [5.41, 5.74) is 0. The minimum Gasteiger partial charge on any atom is -0.319 e. The Balaban J connectivity index is 5.00. The van der Waals surface area contributed by atoms with Crippen LogP contribution in [-0.4, -0.2) is 92.7 Å². The minimum atomic E-state index is -0.812. The Morgan fingerprint density at radius 3 is 1.47 bits per heavy atom. The molecule has 0 amide bonds.